The van der Waals surface area contributed by atoms with Crippen LogP contribution in [0.25, 0.3) is 15.3 Å². The molecular formula is C11H8N6OS. The van der Waals surface area contributed by atoms with E-state index in [1.165, 1.54) is 17.5 Å². The maximum Gasteiger partial charge on any atom is 0.253 e. The maximum atomic E-state index is 11.2. The summed E-state index contributed by atoms with van der Waals surface area (Å²) in [5.41, 5.74) is 6.56. The van der Waals surface area contributed by atoms with Crippen LogP contribution in [0.15, 0.2) is 24.8 Å². The van der Waals surface area contributed by atoms with Gasteiger partial charge < -0.3 is 5.73 Å². The summed E-state index contributed by atoms with van der Waals surface area (Å²) < 4.78 is 3.16. The minimum atomic E-state index is -0.497. The number of thiazole rings is 1. The van der Waals surface area contributed by atoms with Gasteiger partial charge in [-0.05, 0) is 0 Å². The van der Waals surface area contributed by atoms with E-state index in [1.54, 1.807) is 27.8 Å². The molecule has 0 spiro atoms. The lowest BCUT2D eigenvalue weighted by molar-refractivity contribution is 0.100. The fourth-order valence-electron chi connectivity index (χ4n) is 1.74. The molecule has 0 aliphatic rings. The zero-order chi connectivity index (χ0) is 13.4. The van der Waals surface area contributed by atoms with Gasteiger partial charge in [0.05, 0.1) is 28.9 Å². The quantitative estimate of drug-likeness (QED) is 0.764. The van der Waals surface area contributed by atoms with E-state index in [9.17, 15) is 4.79 Å². The molecule has 3 heterocycles. The third kappa shape index (κ3) is 1.86. The summed E-state index contributed by atoms with van der Waals surface area (Å²) in [4.78, 5) is 12.9. The van der Waals surface area contributed by atoms with Crippen molar-refractivity contribution in [2.24, 2.45) is 5.73 Å². The van der Waals surface area contributed by atoms with Crippen molar-refractivity contribution in [1.82, 2.24) is 19.4 Å². The zero-order valence-corrected chi connectivity index (χ0v) is 10.5. The van der Waals surface area contributed by atoms with Crippen LogP contribution in [0.3, 0.4) is 0 Å². The van der Waals surface area contributed by atoms with Crippen LogP contribution in [0.1, 0.15) is 10.4 Å². The van der Waals surface area contributed by atoms with Crippen molar-refractivity contribution in [3.05, 3.63) is 30.4 Å². The monoisotopic (exact) mass is 272 g/mol. The number of hydrogen-bond donors (Lipinski definition) is 1. The number of primary amides is 1. The first-order chi connectivity index (χ1) is 9.19. The van der Waals surface area contributed by atoms with E-state index in [0.717, 1.165) is 10.4 Å². The molecular weight excluding hydrogens is 264 g/mol. The molecule has 0 saturated heterocycles. The Balaban J connectivity index is 2.05. The summed E-state index contributed by atoms with van der Waals surface area (Å²) >= 11 is 1.41. The molecule has 3 rings (SSSR count). The van der Waals surface area contributed by atoms with Gasteiger partial charge in [-0.2, -0.15) is 15.5 Å². The SMILES string of the molecule is N#CCn1cc(-c2cn3ncc(C(N)=O)c3s2)cn1. The molecule has 8 heteroatoms. The molecule has 2 N–H and O–H groups in total. The van der Waals surface area contributed by atoms with Gasteiger partial charge in [0.15, 0.2) is 0 Å². The van der Waals surface area contributed by atoms with Crippen LogP contribution in [0.5, 0.6) is 0 Å². The highest BCUT2D eigenvalue weighted by Gasteiger charge is 2.14. The zero-order valence-electron chi connectivity index (χ0n) is 9.65. The van der Waals surface area contributed by atoms with Crippen LogP contribution in [0, 0.1) is 11.3 Å². The van der Waals surface area contributed by atoms with Gasteiger partial charge in [-0.25, -0.2) is 4.52 Å². The van der Waals surface area contributed by atoms with Crippen molar-refractivity contribution >= 4 is 22.1 Å². The number of amides is 1. The van der Waals surface area contributed by atoms with Crippen molar-refractivity contribution in [3.8, 4) is 16.5 Å². The number of nitrogens with zero attached hydrogens (tertiary/aromatic N) is 5. The number of rotatable bonds is 3. The molecule has 19 heavy (non-hydrogen) atoms. The highest BCUT2D eigenvalue weighted by molar-refractivity contribution is 7.21. The van der Waals surface area contributed by atoms with Crippen molar-refractivity contribution in [2.75, 3.05) is 0 Å². The largest absolute Gasteiger partial charge is 0.365 e. The molecule has 1 amide bonds. The Hall–Kier alpha value is -2.66. The third-order valence-corrected chi connectivity index (χ3v) is 3.77. The predicted octanol–water partition coefficient (Wildman–Crippen LogP) is 0.882. The van der Waals surface area contributed by atoms with Gasteiger partial charge in [0.2, 0.25) is 0 Å². The molecule has 0 aliphatic heterocycles. The van der Waals surface area contributed by atoms with Gasteiger partial charge in [-0.15, -0.1) is 11.3 Å². The Kier molecular flexibility index (Phi) is 2.54. The smallest absolute Gasteiger partial charge is 0.253 e. The first kappa shape index (κ1) is 11.4. The molecule has 3 aromatic heterocycles. The molecule has 3 aromatic rings. The fourth-order valence-corrected chi connectivity index (χ4v) is 2.78. The van der Waals surface area contributed by atoms with Crippen molar-refractivity contribution in [3.63, 3.8) is 0 Å². The molecule has 0 aliphatic carbocycles. The summed E-state index contributed by atoms with van der Waals surface area (Å²) in [5, 5.41) is 16.8. The lowest BCUT2D eigenvalue weighted by atomic mass is 10.3. The van der Waals surface area contributed by atoms with E-state index in [1.807, 2.05) is 6.07 Å². The average Bonchev–Trinajstić information content (AvgIpc) is 3.00. The second-order valence-electron chi connectivity index (χ2n) is 3.85. The van der Waals surface area contributed by atoms with E-state index in [0.29, 0.717) is 10.4 Å². The highest BCUT2D eigenvalue weighted by atomic mass is 32.1. The Morgan fingerprint density at radius 2 is 2.26 bits per heavy atom. The van der Waals surface area contributed by atoms with Gasteiger partial charge in [-0.3, -0.25) is 9.48 Å². The lowest BCUT2D eigenvalue weighted by Gasteiger charge is -1.89. The number of carbonyl (C=O) groups is 1. The number of nitriles is 1. The molecule has 94 valence electrons. The van der Waals surface area contributed by atoms with Crippen LogP contribution in [0.4, 0.5) is 0 Å². The molecule has 0 fully saturated rings. The molecule has 0 unspecified atom stereocenters. The minimum absolute atomic E-state index is 0.203. The summed E-state index contributed by atoms with van der Waals surface area (Å²) in [6.07, 6.45) is 6.71. The van der Waals surface area contributed by atoms with E-state index >= 15 is 0 Å². The van der Waals surface area contributed by atoms with E-state index in [4.69, 9.17) is 11.0 Å². The minimum Gasteiger partial charge on any atom is -0.365 e. The van der Waals surface area contributed by atoms with Crippen LogP contribution >= 0.6 is 11.3 Å². The van der Waals surface area contributed by atoms with E-state index in [2.05, 4.69) is 10.2 Å². The number of aromatic nitrogens is 4. The first-order valence-corrected chi connectivity index (χ1v) is 6.17. The summed E-state index contributed by atoms with van der Waals surface area (Å²) in [5.74, 6) is -0.497. The van der Waals surface area contributed by atoms with Gasteiger partial charge in [0.25, 0.3) is 5.91 Å². The van der Waals surface area contributed by atoms with Gasteiger partial charge in [-0.1, -0.05) is 0 Å². The van der Waals surface area contributed by atoms with Crippen molar-refractivity contribution in [2.45, 2.75) is 6.54 Å². The Bertz CT molecular complexity index is 805. The average molecular weight is 272 g/mol. The first-order valence-electron chi connectivity index (χ1n) is 5.36. The molecule has 0 atom stereocenters. The topological polar surface area (TPSA) is 102 Å². The molecule has 7 nitrogen and oxygen atoms in total. The van der Waals surface area contributed by atoms with Gasteiger partial charge in [0.1, 0.15) is 11.4 Å². The van der Waals surface area contributed by atoms with E-state index in [-0.39, 0.29) is 6.54 Å². The summed E-state index contributed by atoms with van der Waals surface area (Å²) in [6, 6.07) is 2.02. The van der Waals surface area contributed by atoms with Crippen LogP contribution in [-0.4, -0.2) is 25.3 Å². The number of carbonyl (C=O) groups excluding carboxylic acids is 1. The molecule has 0 aromatic carbocycles. The normalized spacial score (nSPS) is 10.7. The van der Waals surface area contributed by atoms with Gasteiger partial charge >= 0.3 is 0 Å². The summed E-state index contributed by atoms with van der Waals surface area (Å²) in [6.45, 7) is 0.203. The van der Waals surface area contributed by atoms with Crippen LogP contribution in [0.2, 0.25) is 0 Å². The Labute approximate surface area is 111 Å². The maximum absolute atomic E-state index is 11.2. The number of nitrogens with two attached hydrogens (primary N) is 1. The molecule has 0 bridgehead atoms. The highest BCUT2D eigenvalue weighted by Crippen LogP contribution is 2.29. The predicted molar refractivity (Wildman–Crippen MR) is 68.4 cm³/mol. The Morgan fingerprint density at radius 3 is 3.00 bits per heavy atom. The van der Waals surface area contributed by atoms with Crippen LogP contribution in [-0.2, 0) is 6.54 Å². The molecule has 0 saturated carbocycles. The Morgan fingerprint density at radius 1 is 1.42 bits per heavy atom. The number of hydrogen-bond acceptors (Lipinski definition) is 5. The van der Waals surface area contributed by atoms with Gasteiger partial charge in [0, 0.05) is 18.0 Å². The molecule has 0 radical (unpaired) electrons. The van der Waals surface area contributed by atoms with E-state index < -0.39 is 5.91 Å². The lowest BCUT2D eigenvalue weighted by Crippen LogP contribution is -2.09. The second kappa shape index (κ2) is 4.22. The summed E-state index contributed by atoms with van der Waals surface area (Å²) in [7, 11) is 0. The standard InChI is InChI=1S/C11H8N6OS/c12-1-2-16-5-7(3-14-16)9-6-17-11(19-9)8(4-15-17)10(13)18/h3-6H,2H2,(H2,13,18). The number of fused-ring (bicyclic) bond motifs is 1. The fraction of sp³-hybridized carbons (Fsp3) is 0.0909. The second-order valence-corrected chi connectivity index (χ2v) is 4.88. The van der Waals surface area contributed by atoms with Crippen molar-refractivity contribution < 1.29 is 4.79 Å². The third-order valence-electron chi connectivity index (χ3n) is 2.61. The van der Waals surface area contributed by atoms with Crippen LogP contribution < -0.4 is 5.73 Å². The van der Waals surface area contributed by atoms with Crippen molar-refractivity contribution in [1.29, 1.82) is 5.26 Å².